The van der Waals surface area contributed by atoms with E-state index in [4.69, 9.17) is 10.8 Å². The summed E-state index contributed by atoms with van der Waals surface area (Å²) in [4.78, 5) is 22.3. The van der Waals surface area contributed by atoms with Crippen molar-refractivity contribution in [1.29, 1.82) is 5.41 Å². The monoisotopic (exact) mass is 244 g/mol. The normalized spacial score (nSPS) is 13.9. The molecule has 0 atom stereocenters. The zero-order valence-corrected chi connectivity index (χ0v) is 9.38. The molecule has 0 saturated carbocycles. The fraction of sp³-hybridized carbons (Fsp3) is 0.0909. The lowest BCUT2D eigenvalue weighted by Gasteiger charge is -2.03. The van der Waals surface area contributed by atoms with Crippen LogP contribution in [0.3, 0.4) is 0 Å². The number of nitrogens with one attached hydrogen (secondary N) is 1. The number of hydrogen-bond acceptors (Lipinski definition) is 4. The fourth-order valence-electron chi connectivity index (χ4n) is 1.48. The number of carbonyl (C=O) groups is 2. The molecule has 7 nitrogen and oxygen atoms in total. The zero-order chi connectivity index (χ0) is 13.3. The maximum absolute atomic E-state index is 11.3. The van der Waals surface area contributed by atoms with Gasteiger partial charge in [-0.2, -0.15) is 4.57 Å². The highest BCUT2D eigenvalue weighted by Crippen LogP contribution is 2.17. The van der Waals surface area contributed by atoms with Gasteiger partial charge in [0.15, 0.2) is 0 Å². The third kappa shape index (κ3) is 1.90. The van der Waals surface area contributed by atoms with Crippen LogP contribution < -0.4 is 4.57 Å². The van der Waals surface area contributed by atoms with Gasteiger partial charge in [0.25, 0.3) is 0 Å². The van der Waals surface area contributed by atoms with Gasteiger partial charge in [0.05, 0.1) is 18.2 Å². The Bertz CT molecular complexity index is 647. The number of cyclic esters (lactones) is 2. The van der Waals surface area contributed by atoms with Gasteiger partial charge in [-0.1, -0.05) is 0 Å². The van der Waals surface area contributed by atoms with E-state index in [9.17, 15) is 9.59 Å². The second-order valence-corrected chi connectivity index (χ2v) is 3.59. The van der Waals surface area contributed by atoms with E-state index in [1.54, 1.807) is 36.2 Å². The molecule has 0 saturated heterocycles. The van der Waals surface area contributed by atoms with Crippen molar-refractivity contribution in [2.75, 3.05) is 0 Å². The highest BCUT2D eigenvalue weighted by Gasteiger charge is 2.30. The van der Waals surface area contributed by atoms with Crippen molar-refractivity contribution < 1.29 is 18.9 Å². The Morgan fingerprint density at radius 1 is 1.56 bits per heavy atom. The van der Waals surface area contributed by atoms with E-state index in [2.05, 4.69) is 4.74 Å². The first kappa shape index (κ1) is 11.7. The molecule has 0 spiro atoms. The van der Waals surface area contributed by atoms with Crippen LogP contribution in [-0.2, 0) is 21.4 Å². The van der Waals surface area contributed by atoms with Crippen molar-refractivity contribution in [3.05, 3.63) is 41.4 Å². The molecule has 7 heteroatoms. The predicted molar refractivity (Wildman–Crippen MR) is 59.8 cm³/mol. The Hall–Kier alpha value is -2.79. The molecule has 90 valence electrons. The van der Waals surface area contributed by atoms with Gasteiger partial charge >= 0.3 is 11.9 Å². The van der Waals surface area contributed by atoms with Crippen LogP contribution in [-0.4, -0.2) is 28.2 Å². The Kier molecular flexibility index (Phi) is 2.75. The number of aromatic nitrogens is 2. The maximum Gasteiger partial charge on any atom is 0.347 e. The van der Waals surface area contributed by atoms with Crippen LogP contribution in [0.4, 0.5) is 0 Å². The smallest absolute Gasteiger partial charge is 0.347 e. The quantitative estimate of drug-likeness (QED) is 0.245. The Balaban J connectivity index is 2.40. The molecule has 0 aliphatic carbocycles. The molecular formula is C11H8N4O3. The van der Waals surface area contributed by atoms with Crippen LogP contribution in [0.25, 0.3) is 5.41 Å². The third-order valence-electron chi connectivity index (χ3n) is 2.32. The Labute approximate surface area is 102 Å². The molecule has 1 N–H and O–H groups in total. The minimum absolute atomic E-state index is 0.191. The van der Waals surface area contributed by atoms with Crippen molar-refractivity contribution in [3.63, 3.8) is 0 Å². The zero-order valence-electron chi connectivity index (χ0n) is 9.38. The molecule has 0 unspecified atom stereocenters. The topological polar surface area (TPSA) is 98.3 Å². The van der Waals surface area contributed by atoms with Crippen LogP contribution >= 0.6 is 0 Å². The molecule has 2 rings (SSSR count). The average Bonchev–Trinajstić information content (AvgIpc) is 2.87. The molecular weight excluding hydrogens is 236 g/mol. The standard InChI is InChI=1S/C11H8N4O3/c1-14-2-3-15(6-14)10(13)8(5-12)7-4-9(16)18-11(7)17/h2-4,6,13H,1H3. The molecule has 0 radical (unpaired) electrons. The number of esters is 2. The minimum Gasteiger partial charge on any atom is -0.763 e. The Morgan fingerprint density at radius 3 is 2.72 bits per heavy atom. The largest absolute Gasteiger partial charge is 0.763 e. The maximum atomic E-state index is 11.3. The fourth-order valence-corrected chi connectivity index (χ4v) is 1.48. The summed E-state index contributed by atoms with van der Waals surface area (Å²) in [5.74, 6) is -0.185. The highest BCUT2D eigenvalue weighted by molar-refractivity contribution is 6.22. The lowest BCUT2D eigenvalue weighted by Crippen LogP contribution is -2.25. The summed E-state index contributed by atoms with van der Waals surface area (Å²) in [7, 11) is 1.75. The molecule has 0 amide bonds. The van der Waals surface area contributed by atoms with Crippen molar-refractivity contribution in [3.8, 4) is 0 Å². The molecule has 0 aromatic carbocycles. The van der Waals surface area contributed by atoms with Gasteiger partial charge in [-0.05, 0) is 0 Å². The number of imidazole rings is 1. The van der Waals surface area contributed by atoms with Crippen molar-refractivity contribution in [2.24, 2.45) is 7.05 Å². The molecule has 1 aromatic rings. The van der Waals surface area contributed by atoms with E-state index >= 15 is 0 Å². The molecule has 1 aromatic heterocycles. The lowest BCUT2D eigenvalue weighted by atomic mass is 10.1. The lowest BCUT2D eigenvalue weighted by molar-refractivity contribution is -0.670. The van der Waals surface area contributed by atoms with Gasteiger partial charge in [0.2, 0.25) is 12.2 Å². The second kappa shape index (κ2) is 4.23. The van der Waals surface area contributed by atoms with E-state index in [-0.39, 0.29) is 17.0 Å². The van der Waals surface area contributed by atoms with E-state index in [0.717, 1.165) is 6.08 Å². The molecule has 0 fully saturated rings. The molecule has 2 heterocycles. The first-order chi connectivity index (χ1) is 8.52. The minimum atomic E-state index is -0.905. The van der Waals surface area contributed by atoms with Crippen LogP contribution in [0, 0.1) is 5.41 Å². The van der Waals surface area contributed by atoms with E-state index in [1.165, 1.54) is 4.57 Å². The molecule has 1 aliphatic rings. The summed E-state index contributed by atoms with van der Waals surface area (Å²) < 4.78 is 7.33. The van der Waals surface area contributed by atoms with Crippen molar-refractivity contribution in [1.82, 2.24) is 4.57 Å². The summed E-state index contributed by atoms with van der Waals surface area (Å²) in [6.45, 7) is 0. The van der Waals surface area contributed by atoms with E-state index < -0.39 is 11.9 Å². The summed E-state index contributed by atoms with van der Waals surface area (Å²) >= 11 is 0. The first-order valence-corrected chi connectivity index (χ1v) is 4.90. The number of hydrogen-bond donors (Lipinski definition) is 1. The summed E-state index contributed by atoms with van der Waals surface area (Å²) in [5.41, 5.74) is -0.397. The van der Waals surface area contributed by atoms with Crippen molar-refractivity contribution >= 4 is 23.6 Å². The van der Waals surface area contributed by atoms with Gasteiger partial charge in [-0.25, -0.2) is 14.2 Å². The van der Waals surface area contributed by atoms with Gasteiger partial charge in [-0.15, -0.1) is 0 Å². The highest BCUT2D eigenvalue weighted by atomic mass is 16.6. The van der Waals surface area contributed by atoms with Crippen LogP contribution in [0.2, 0.25) is 0 Å². The second-order valence-electron chi connectivity index (χ2n) is 3.59. The molecule has 0 bridgehead atoms. The predicted octanol–water partition coefficient (Wildman–Crippen LogP) is -0.687. The SMILES string of the molecule is C[n+]1ccn(C(=N)C(=C=[N-])C2=CC(=O)OC2=O)c1. The summed E-state index contributed by atoms with van der Waals surface area (Å²) in [6, 6.07) is 0. The van der Waals surface area contributed by atoms with Gasteiger partial charge < -0.3 is 10.1 Å². The number of rotatable bonds is 2. The van der Waals surface area contributed by atoms with Crippen LogP contribution in [0.15, 0.2) is 35.9 Å². The number of aryl methyl sites for hydroxylation is 1. The van der Waals surface area contributed by atoms with Crippen LogP contribution in [0.1, 0.15) is 0 Å². The summed E-state index contributed by atoms with van der Waals surface area (Å²) in [6.07, 6.45) is 5.71. The van der Waals surface area contributed by atoms with Crippen LogP contribution in [0.5, 0.6) is 0 Å². The summed E-state index contributed by atoms with van der Waals surface area (Å²) in [5, 5.41) is 16.9. The van der Waals surface area contributed by atoms with Gasteiger partial charge in [0, 0.05) is 6.08 Å². The molecule has 18 heavy (non-hydrogen) atoms. The van der Waals surface area contributed by atoms with E-state index in [1.807, 2.05) is 0 Å². The average molecular weight is 244 g/mol. The Morgan fingerprint density at radius 2 is 2.28 bits per heavy atom. The molecule has 1 aliphatic heterocycles. The third-order valence-corrected chi connectivity index (χ3v) is 2.32. The number of carbonyl (C=O) groups excluding carboxylic acids is 2. The van der Waals surface area contributed by atoms with Gasteiger partial charge in [0.1, 0.15) is 12.4 Å². The first-order valence-electron chi connectivity index (χ1n) is 4.90. The number of nitrogens with zero attached hydrogens (tertiary/aromatic N) is 3. The van der Waals surface area contributed by atoms with E-state index in [0.29, 0.717) is 0 Å². The number of ether oxygens (including phenoxy) is 1. The van der Waals surface area contributed by atoms with Gasteiger partial charge in [-0.3, -0.25) is 11.3 Å². The van der Waals surface area contributed by atoms with Crippen molar-refractivity contribution in [2.45, 2.75) is 0 Å².